The predicted octanol–water partition coefficient (Wildman–Crippen LogP) is 10.3. The highest BCUT2D eigenvalue weighted by molar-refractivity contribution is 6.09. The van der Waals surface area contributed by atoms with Gasteiger partial charge >= 0.3 is 0 Å². The maximum atomic E-state index is 5.12. The van der Waals surface area contributed by atoms with Crippen molar-refractivity contribution >= 4 is 21.8 Å². The van der Waals surface area contributed by atoms with Gasteiger partial charge in [-0.15, -0.1) is 0 Å². The lowest BCUT2D eigenvalue weighted by atomic mass is 9.86. The number of para-hydroxylation sites is 1. The van der Waals surface area contributed by atoms with Gasteiger partial charge in [0.05, 0.1) is 11.0 Å². The van der Waals surface area contributed by atoms with Crippen LogP contribution >= 0.6 is 0 Å². The highest BCUT2D eigenvalue weighted by Gasteiger charge is 2.20. The molecule has 5 nitrogen and oxygen atoms in total. The molecule has 0 spiro atoms. The SMILES string of the molecule is CC(C)(C)c1ccc2c(c1)c1ccccc1n2-c1ccc(-c2ccncc2)c(-c2nc(-c3ccccc3)nc(-c3ccccc3)n2)c1. The van der Waals surface area contributed by atoms with Crippen LogP contribution in [0.15, 0.2) is 146 Å². The van der Waals surface area contributed by atoms with Crippen LogP contribution in [-0.4, -0.2) is 24.5 Å². The first-order chi connectivity index (χ1) is 22.9. The second-order valence-electron chi connectivity index (χ2n) is 12.8. The van der Waals surface area contributed by atoms with Gasteiger partial charge in [0.25, 0.3) is 0 Å². The minimum absolute atomic E-state index is 0.0440. The summed E-state index contributed by atoms with van der Waals surface area (Å²) in [6.45, 7) is 6.79. The predicted molar refractivity (Wildman–Crippen MR) is 192 cm³/mol. The third-order valence-corrected chi connectivity index (χ3v) is 8.73. The zero-order valence-electron chi connectivity index (χ0n) is 26.6. The summed E-state index contributed by atoms with van der Waals surface area (Å²) in [5.74, 6) is 1.88. The van der Waals surface area contributed by atoms with Gasteiger partial charge in [-0.1, -0.05) is 112 Å². The quantitative estimate of drug-likeness (QED) is 0.195. The molecule has 3 heterocycles. The van der Waals surface area contributed by atoms with Crippen molar-refractivity contribution < 1.29 is 0 Å². The molecular weight excluding hydrogens is 574 g/mol. The molecule has 5 aromatic carbocycles. The van der Waals surface area contributed by atoms with E-state index in [2.05, 4.69) is 91.0 Å². The van der Waals surface area contributed by atoms with Crippen molar-refractivity contribution in [1.29, 1.82) is 0 Å². The fraction of sp³-hybridized carbons (Fsp3) is 0.0952. The molecule has 5 heteroatoms. The molecule has 8 aromatic rings. The molecule has 0 radical (unpaired) electrons. The molecule has 0 aliphatic carbocycles. The summed E-state index contributed by atoms with van der Waals surface area (Å²) in [6.07, 6.45) is 3.65. The maximum Gasteiger partial charge on any atom is 0.164 e. The van der Waals surface area contributed by atoms with Crippen LogP contribution in [-0.2, 0) is 5.41 Å². The third-order valence-electron chi connectivity index (χ3n) is 8.73. The van der Waals surface area contributed by atoms with Gasteiger partial charge in [0.15, 0.2) is 17.5 Å². The van der Waals surface area contributed by atoms with Gasteiger partial charge in [0, 0.05) is 45.5 Å². The lowest BCUT2D eigenvalue weighted by Crippen LogP contribution is -2.10. The van der Waals surface area contributed by atoms with E-state index < -0.39 is 0 Å². The Balaban J connectivity index is 1.41. The first-order valence-electron chi connectivity index (χ1n) is 15.9. The van der Waals surface area contributed by atoms with E-state index in [-0.39, 0.29) is 5.41 Å². The molecule has 0 amide bonds. The molecule has 0 fully saturated rings. The van der Waals surface area contributed by atoms with Gasteiger partial charge < -0.3 is 4.57 Å². The van der Waals surface area contributed by atoms with Crippen molar-refractivity contribution in [2.75, 3.05) is 0 Å². The summed E-state index contributed by atoms with van der Waals surface area (Å²) in [7, 11) is 0. The zero-order chi connectivity index (χ0) is 32.0. The van der Waals surface area contributed by atoms with E-state index in [1.807, 2.05) is 85.2 Å². The molecule has 0 aliphatic rings. The van der Waals surface area contributed by atoms with Gasteiger partial charge in [-0.25, -0.2) is 15.0 Å². The second-order valence-corrected chi connectivity index (χ2v) is 12.8. The van der Waals surface area contributed by atoms with Crippen molar-refractivity contribution in [2.45, 2.75) is 26.2 Å². The van der Waals surface area contributed by atoms with Gasteiger partial charge in [-0.3, -0.25) is 4.98 Å². The summed E-state index contributed by atoms with van der Waals surface area (Å²) in [5, 5.41) is 2.47. The first-order valence-corrected chi connectivity index (χ1v) is 15.9. The highest BCUT2D eigenvalue weighted by Crippen LogP contribution is 2.38. The van der Waals surface area contributed by atoms with Crippen molar-refractivity contribution in [1.82, 2.24) is 24.5 Å². The molecule has 0 saturated carbocycles. The number of nitrogens with zero attached hydrogens (tertiary/aromatic N) is 5. The Morgan fingerprint density at radius 3 is 1.72 bits per heavy atom. The molecular formula is C42H33N5. The average molecular weight is 608 g/mol. The third kappa shape index (κ3) is 5.26. The van der Waals surface area contributed by atoms with Gasteiger partial charge in [-0.05, 0) is 64.6 Å². The smallest absolute Gasteiger partial charge is 0.164 e. The Morgan fingerprint density at radius 1 is 0.468 bits per heavy atom. The number of fused-ring (bicyclic) bond motifs is 3. The molecule has 8 rings (SSSR count). The average Bonchev–Trinajstić information content (AvgIpc) is 3.46. The minimum atomic E-state index is 0.0440. The molecule has 0 N–H and O–H groups in total. The summed E-state index contributed by atoms with van der Waals surface area (Å²) in [5.41, 5.74) is 9.57. The van der Waals surface area contributed by atoms with Crippen LogP contribution in [0.3, 0.4) is 0 Å². The maximum absolute atomic E-state index is 5.12. The van der Waals surface area contributed by atoms with Crippen LogP contribution in [0, 0.1) is 0 Å². The van der Waals surface area contributed by atoms with Crippen LogP contribution in [0.5, 0.6) is 0 Å². The molecule has 0 saturated heterocycles. The molecule has 0 bridgehead atoms. The molecule has 0 unspecified atom stereocenters. The lowest BCUT2D eigenvalue weighted by Gasteiger charge is -2.19. The minimum Gasteiger partial charge on any atom is -0.309 e. The van der Waals surface area contributed by atoms with Crippen molar-refractivity contribution in [3.05, 3.63) is 151 Å². The Labute approximate surface area is 274 Å². The lowest BCUT2D eigenvalue weighted by molar-refractivity contribution is 0.591. The standard InChI is InChI=1S/C42H33N5/c1-42(2,3)31-18-21-38-35(26-31)34-16-10-11-17-37(34)47(38)32-19-20-33(28-22-24-43-25-23-28)36(27-32)41-45-39(29-12-6-4-7-13-29)44-40(46-41)30-14-8-5-9-15-30/h4-27H,1-3H3. The van der Waals surface area contributed by atoms with E-state index in [9.17, 15) is 0 Å². The molecule has 226 valence electrons. The molecule has 0 aliphatic heterocycles. The van der Waals surface area contributed by atoms with Crippen molar-refractivity contribution in [3.8, 4) is 51.0 Å². The van der Waals surface area contributed by atoms with E-state index in [0.29, 0.717) is 17.5 Å². The van der Waals surface area contributed by atoms with E-state index >= 15 is 0 Å². The van der Waals surface area contributed by atoms with Gasteiger partial charge in [0.2, 0.25) is 0 Å². The monoisotopic (exact) mass is 607 g/mol. The Bertz CT molecular complexity index is 2310. The number of aromatic nitrogens is 5. The van der Waals surface area contributed by atoms with E-state index in [1.54, 1.807) is 0 Å². The summed E-state index contributed by atoms with van der Waals surface area (Å²) < 4.78 is 2.36. The molecule has 0 atom stereocenters. The second kappa shape index (κ2) is 11.5. The number of benzene rings is 5. The normalized spacial score (nSPS) is 11.7. The van der Waals surface area contributed by atoms with E-state index in [4.69, 9.17) is 15.0 Å². The van der Waals surface area contributed by atoms with Crippen LogP contribution < -0.4 is 0 Å². The zero-order valence-corrected chi connectivity index (χ0v) is 26.6. The summed E-state index contributed by atoms with van der Waals surface area (Å²) >= 11 is 0. The summed E-state index contributed by atoms with van der Waals surface area (Å²) in [4.78, 5) is 19.5. The van der Waals surface area contributed by atoms with Crippen LogP contribution in [0.1, 0.15) is 26.3 Å². The van der Waals surface area contributed by atoms with Crippen molar-refractivity contribution in [2.24, 2.45) is 0 Å². The Kier molecular flexibility index (Phi) is 6.95. The number of pyridine rings is 1. The number of hydrogen-bond donors (Lipinski definition) is 0. The van der Waals surface area contributed by atoms with Crippen LogP contribution in [0.2, 0.25) is 0 Å². The van der Waals surface area contributed by atoms with Gasteiger partial charge in [0.1, 0.15) is 0 Å². The van der Waals surface area contributed by atoms with Crippen molar-refractivity contribution in [3.63, 3.8) is 0 Å². The fourth-order valence-electron chi connectivity index (χ4n) is 6.29. The molecule has 3 aromatic heterocycles. The first kappa shape index (κ1) is 28.5. The Morgan fingerprint density at radius 2 is 1.06 bits per heavy atom. The topological polar surface area (TPSA) is 56.5 Å². The number of hydrogen-bond acceptors (Lipinski definition) is 4. The van der Waals surface area contributed by atoms with Crippen LogP contribution in [0.4, 0.5) is 0 Å². The summed E-state index contributed by atoms with van der Waals surface area (Å²) in [6, 6.07) is 46.4. The number of rotatable bonds is 5. The van der Waals surface area contributed by atoms with E-state index in [1.165, 1.54) is 16.3 Å². The molecule has 47 heavy (non-hydrogen) atoms. The van der Waals surface area contributed by atoms with E-state index in [0.717, 1.165) is 44.5 Å². The Hall–Kier alpha value is -5.94. The van der Waals surface area contributed by atoms with Gasteiger partial charge in [-0.2, -0.15) is 0 Å². The largest absolute Gasteiger partial charge is 0.309 e. The highest BCUT2D eigenvalue weighted by atomic mass is 15.0. The fourth-order valence-corrected chi connectivity index (χ4v) is 6.29. The van der Waals surface area contributed by atoms with Crippen LogP contribution in [0.25, 0.3) is 72.8 Å².